The molecule has 0 bridgehead atoms. The van der Waals surface area contributed by atoms with Crippen molar-refractivity contribution in [2.75, 3.05) is 13.1 Å². The van der Waals surface area contributed by atoms with Crippen LogP contribution >= 0.6 is 24.8 Å². The molecule has 0 aliphatic carbocycles. The lowest BCUT2D eigenvalue weighted by Crippen LogP contribution is -2.28. The number of halogens is 2. The van der Waals surface area contributed by atoms with Crippen LogP contribution in [0.2, 0.25) is 0 Å². The molecule has 0 radical (unpaired) electrons. The van der Waals surface area contributed by atoms with Crippen LogP contribution in [-0.4, -0.2) is 39.2 Å². The minimum absolute atomic E-state index is 0. The van der Waals surface area contributed by atoms with Crippen LogP contribution in [0.25, 0.3) is 0 Å². The van der Waals surface area contributed by atoms with Gasteiger partial charge in [-0.3, -0.25) is 4.68 Å². The zero-order valence-electron chi connectivity index (χ0n) is 9.42. The van der Waals surface area contributed by atoms with Crippen molar-refractivity contribution in [2.24, 2.45) is 7.05 Å². The van der Waals surface area contributed by atoms with Gasteiger partial charge in [0.1, 0.15) is 0 Å². The summed E-state index contributed by atoms with van der Waals surface area (Å²) in [7, 11) is 1.75. The van der Waals surface area contributed by atoms with Crippen molar-refractivity contribution in [3.05, 3.63) is 11.4 Å². The van der Waals surface area contributed by atoms with Crippen LogP contribution in [0, 0.1) is 0 Å². The maximum absolute atomic E-state index is 10.9. The lowest BCUT2D eigenvalue weighted by Gasteiger charge is -2.22. The Morgan fingerprint density at radius 2 is 2.00 bits per heavy atom. The van der Waals surface area contributed by atoms with E-state index in [0.717, 1.165) is 31.6 Å². The first-order valence-electron chi connectivity index (χ1n) is 5.03. The molecule has 0 saturated carbocycles. The number of aromatic nitrogens is 3. The molecule has 1 aliphatic rings. The molecule has 1 saturated heterocycles. The molecule has 17 heavy (non-hydrogen) atoms. The second-order valence-corrected chi connectivity index (χ2v) is 3.78. The molecule has 1 aliphatic heterocycles. The lowest BCUT2D eigenvalue weighted by atomic mass is 9.93. The van der Waals surface area contributed by atoms with Gasteiger partial charge in [-0.15, -0.1) is 29.9 Å². The van der Waals surface area contributed by atoms with Gasteiger partial charge in [-0.25, -0.2) is 4.79 Å². The minimum atomic E-state index is -0.989. The molecule has 0 aromatic carbocycles. The summed E-state index contributed by atoms with van der Waals surface area (Å²) in [6.45, 7) is 1.85. The fourth-order valence-corrected chi connectivity index (χ4v) is 2.07. The quantitative estimate of drug-likeness (QED) is 0.840. The van der Waals surface area contributed by atoms with E-state index in [4.69, 9.17) is 5.11 Å². The van der Waals surface area contributed by atoms with Crippen molar-refractivity contribution < 1.29 is 9.90 Å². The van der Waals surface area contributed by atoms with Gasteiger partial charge in [0.05, 0.1) is 5.69 Å². The number of hydrogen-bond acceptors (Lipinski definition) is 4. The van der Waals surface area contributed by atoms with Gasteiger partial charge in [-0.05, 0) is 25.9 Å². The monoisotopic (exact) mass is 282 g/mol. The predicted octanol–water partition coefficient (Wildman–Crippen LogP) is 0.824. The van der Waals surface area contributed by atoms with Crippen molar-refractivity contribution in [3.63, 3.8) is 0 Å². The van der Waals surface area contributed by atoms with Crippen molar-refractivity contribution in [2.45, 2.75) is 18.8 Å². The van der Waals surface area contributed by atoms with Crippen LogP contribution in [0.5, 0.6) is 0 Å². The normalized spacial score (nSPS) is 15.8. The van der Waals surface area contributed by atoms with Gasteiger partial charge < -0.3 is 10.4 Å². The van der Waals surface area contributed by atoms with Crippen molar-refractivity contribution >= 4 is 30.8 Å². The number of piperidine rings is 1. The molecule has 6 nitrogen and oxygen atoms in total. The molecular formula is C9H16Cl2N4O2. The van der Waals surface area contributed by atoms with E-state index in [0.29, 0.717) is 0 Å². The summed E-state index contributed by atoms with van der Waals surface area (Å²) in [4.78, 5) is 10.9. The molecule has 0 unspecified atom stereocenters. The van der Waals surface area contributed by atoms with Gasteiger partial charge in [-0.2, -0.15) is 0 Å². The average Bonchev–Trinajstić information content (AvgIpc) is 2.61. The number of aromatic carboxylic acids is 1. The number of rotatable bonds is 2. The summed E-state index contributed by atoms with van der Waals surface area (Å²) >= 11 is 0. The highest BCUT2D eigenvalue weighted by molar-refractivity contribution is 5.86. The molecule has 1 aromatic rings. The van der Waals surface area contributed by atoms with Crippen molar-refractivity contribution in [1.29, 1.82) is 0 Å². The van der Waals surface area contributed by atoms with Crippen LogP contribution in [-0.2, 0) is 7.05 Å². The van der Waals surface area contributed by atoms with Crippen LogP contribution in [0.3, 0.4) is 0 Å². The highest BCUT2D eigenvalue weighted by atomic mass is 35.5. The fourth-order valence-electron chi connectivity index (χ4n) is 2.07. The highest BCUT2D eigenvalue weighted by Gasteiger charge is 2.26. The number of carboxylic acids is 1. The van der Waals surface area contributed by atoms with Crippen molar-refractivity contribution in [1.82, 2.24) is 20.3 Å². The Hall–Kier alpha value is -0.850. The summed E-state index contributed by atoms with van der Waals surface area (Å²) in [5, 5.41) is 19.7. The zero-order valence-corrected chi connectivity index (χ0v) is 11.1. The smallest absolute Gasteiger partial charge is 0.358 e. The number of nitrogens with zero attached hydrogens (tertiary/aromatic N) is 3. The van der Waals surface area contributed by atoms with E-state index in [-0.39, 0.29) is 36.4 Å². The molecule has 98 valence electrons. The van der Waals surface area contributed by atoms with Gasteiger partial charge in [0.2, 0.25) is 0 Å². The van der Waals surface area contributed by atoms with E-state index in [1.165, 1.54) is 0 Å². The van der Waals surface area contributed by atoms with Gasteiger partial charge in [0.25, 0.3) is 0 Å². The molecule has 0 atom stereocenters. The first kappa shape index (κ1) is 16.1. The molecular weight excluding hydrogens is 267 g/mol. The maximum atomic E-state index is 10.9. The van der Waals surface area contributed by atoms with E-state index in [1.807, 2.05) is 0 Å². The van der Waals surface area contributed by atoms with E-state index in [1.54, 1.807) is 11.7 Å². The van der Waals surface area contributed by atoms with E-state index in [2.05, 4.69) is 15.6 Å². The first-order chi connectivity index (χ1) is 7.20. The summed E-state index contributed by atoms with van der Waals surface area (Å²) in [5.41, 5.74) is 0.855. The molecule has 2 heterocycles. The third-order valence-electron chi connectivity index (χ3n) is 2.80. The largest absolute Gasteiger partial charge is 0.476 e. The molecule has 0 spiro atoms. The highest BCUT2D eigenvalue weighted by Crippen LogP contribution is 2.26. The standard InChI is InChI=1S/C9H14N4O2.2ClH/c1-13-8(6-2-4-10-5-3-6)7(9(14)15)11-12-13;;/h6,10H,2-5H2,1H3,(H,14,15);2*1H. The van der Waals surface area contributed by atoms with Gasteiger partial charge in [-0.1, -0.05) is 5.21 Å². The Kier molecular flexibility index (Phi) is 6.44. The second kappa shape index (κ2) is 6.78. The number of carbonyl (C=O) groups is 1. The van der Waals surface area contributed by atoms with Gasteiger partial charge >= 0.3 is 5.97 Å². The Labute approximate surface area is 112 Å². The summed E-state index contributed by atoms with van der Waals surface area (Å²) < 4.78 is 1.58. The number of nitrogens with one attached hydrogen (secondary N) is 1. The predicted molar refractivity (Wildman–Crippen MR) is 67.3 cm³/mol. The van der Waals surface area contributed by atoms with Gasteiger partial charge in [0, 0.05) is 13.0 Å². The van der Waals surface area contributed by atoms with Crippen LogP contribution in [0.4, 0.5) is 0 Å². The van der Waals surface area contributed by atoms with Crippen LogP contribution < -0.4 is 5.32 Å². The third kappa shape index (κ3) is 3.31. The molecule has 8 heteroatoms. The third-order valence-corrected chi connectivity index (χ3v) is 2.80. The molecule has 2 rings (SSSR count). The number of hydrogen-bond donors (Lipinski definition) is 2. The van der Waals surface area contributed by atoms with Crippen LogP contribution in [0.1, 0.15) is 34.9 Å². The second-order valence-electron chi connectivity index (χ2n) is 3.78. The average molecular weight is 283 g/mol. The zero-order chi connectivity index (χ0) is 10.8. The molecule has 1 fully saturated rings. The lowest BCUT2D eigenvalue weighted by molar-refractivity contribution is 0.0688. The van der Waals surface area contributed by atoms with Crippen LogP contribution in [0.15, 0.2) is 0 Å². The minimum Gasteiger partial charge on any atom is -0.476 e. The summed E-state index contributed by atoms with van der Waals surface area (Å²) in [6, 6.07) is 0. The Bertz CT molecular complexity index is 377. The van der Waals surface area contributed by atoms with E-state index in [9.17, 15) is 4.79 Å². The molecule has 0 amide bonds. The SMILES string of the molecule is Cl.Cl.Cn1nnc(C(=O)O)c1C1CCNCC1. The Balaban J connectivity index is 0.00000128. The topological polar surface area (TPSA) is 80.0 Å². The first-order valence-corrected chi connectivity index (χ1v) is 5.03. The van der Waals surface area contributed by atoms with Crippen molar-refractivity contribution in [3.8, 4) is 0 Å². The Morgan fingerprint density at radius 1 is 1.41 bits per heavy atom. The summed E-state index contributed by atoms with van der Waals surface area (Å²) in [6.07, 6.45) is 1.89. The Morgan fingerprint density at radius 3 is 2.53 bits per heavy atom. The fraction of sp³-hybridized carbons (Fsp3) is 0.667. The number of carboxylic acid groups (broad SMARTS) is 1. The van der Waals surface area contributed by atoms with E-state index < -0.39 is 5.97 Å². The summed E-state index contributed by atoms with van der Waals surface area (Å²) in [5.74, 6) is -0.728. The molecule has 2 N–H and O–H groups in total. The number of aryl methyl sites for hydroxylation is 1. The maximum Gasteiger partial charge on any atom is 0.358 e. The van der Waals surface area contributed by atoms with Gasteiger partial charge in [0.15, 0.2) is 5.69 Å². The molecule has 1 aromatic heterocycles. The van der Waals surface area contributed by atoms with E-state index >= 15 is 0 Å².